The smallest absolute Gasteiger partial charge is 0.328 e. The Hall–Kier alpha value is -0.830. The van der Waals surface area contributed by atoms with Crippen molar-refractivity contribution in [2.45, 2.75) is 50.6 Å². The molecule has 0 amide bonds. The summed E-state index contributed by atoms with van der Waals surface area (Å²) < 4.78 is 0. The van der Waals surface area contributed by atoms with Gasteiger partial charge < -0.3 is 10.4 Å². The number of rotatable bonds is 3. The maximum Gasteiger partial charge on any atom is 0.328 e. The monoisotopic (exact) mass is 195 g/mol. The SMILES string of the molecule is O=C(O)C=C1CCC(NC2CC2)CC1. The highest BCUT2D eigenvalue weighted by molar-refractivity contribution is 5.80. The Morgan fingerprint density at radius 3 is 2.29 bits per heavy atom. The minimum absolute atomic E-state index is 0.633. The van der Waals surface area contributed by atoms with Gasteiger partial charge in [-0.25, -0.2) is 4.79 Å². The van der Waals surface area contributed by atoms with Crippen molar-refractivity contribution in [3.63, 3.8) is 0 Å². The van der Waals surface area contributed by atoms with Crippen molar-refractivity contribution in [2.75, 3.05) is 0 Å². The van der Waals surface area contributed by atoms with Crippen LogP contribution in [0, 0.1) is 0 Å². The number of aliphatic carboxylic acids is 1. The van der Waals surface area contributed by atoms with Gasteiger partial charge >= 0.3 is 5.97 Å². The normalized spacial score (nSPS) is 27.4. The van der Waals surface area contributed by atoms with Crippen LogP contribution in [0.1, 0.15) is 38.5 Å². The number of hydrogen-bond acceptors (Lipinski definition) is 2. The number of nitrogens with one attached hydrogen (secondary N) is 1. The first-order valence-corrected chi connectivity index (χ1v) is 5.42. The van der Waals surface area contributed by atoms with Gasteiger partial charge in [0, 0.05) is 18.2 Å². The van der Waals surface area contributed by atoms with Crippen LogP contribution in [0.15, 0.2) is 11.6 Å². The zero-order chi connectivity index (χ0) is 9.97. The van der Waals surface area contributed by atoms with E-state index in [1.54, 1.807) is 0 Å². The van der Waals surface area contributed by atoms with E-state index in [1.165, 1.54) is 18.9 Å². The summed E-state index contributed by atoms with van der Waals surface area (Å²) in [4.78, 5) is 10.4. The maximum absolute atomic E-state index is 10.4. The van der Waals surface area contributed by atoms with Crippen molar-refractivity contribution in [1.82, 2.24) is 5.32 Å². The Labute approximate surface area is 84.2 Å². The molecule has 0 spiro atoms. The summed E-state index contributed by atoms with van der Waals surface area (Å²) >= 11 is 0. The minimum Gasteiger partial charge on any atom is -0.478 e. The molecule has 0 aromatic heterocycles. The van der Waals surface area contributed by atoms with E-state index in [0.717, 1.165) is 37.3 Å². The second-order valence-corrected chi connectivity index (χ2v) is 4.36. The van der Waals surface area contributed by atoms with E-state index in [1.807, 2.05) is 0 Å². The lowest BCUT2D eigenvalue weighted by Crippen LogP contribution is -2.33. The van der Waals surface area contributed by atoms with E-state index >= 15 is 0 Å². The Morgan fingerprint density at radius 1 is 1.21 bits per heavy atom. The molecule has 0 aromatic carbocycles. The third-order valence-electron chi connectivity index (χ3n) is 3.00. The molecule has 0 atom stereocenters. The molecular formula is C11H17NO2. The Kier molecular flexibility index (Phi) is 2.87. The molecular weight excluding hydrogens is 178 g/mol. The molecule has 3 nitrogen and oxygen atoms in total. The van der Waals surface area contributed by atoms with Gasteiger partial charge in [-0.15, -0.1) is 0 Å². The van der Waals surface area contributed by atoms with Gasteiger partial charge in [-0.1, -0.05) is 5.57 Å². The fourth-order valence-corrected chi connectivity index (χ4v) is 2.06. The van der Waals surface area contributed by atoms with Crippen LogP contribution in [-0.4, -0.2) is 23.2 Å². The molecule has 0 radical (unpaired) electrons. The van der Waals surface area contributed by atoms with Crippen molar-refractivity contribution >= 4 is 5.97 Å². The van der Waals surface area contributed by atoms with Crippen LogP contribution in [0.4, 0.5) is 0 Å². The summed E-state index contributed by atoms with van der Waals surface area (Å²) in [5, 5.41) is 12.2. The van der Waals surface area contributed by atoms with E-state index in [2.05, 4.69) is 5.32 Å². The van der Waals surface area contributed by atoms with E-state index in [-0.39, 0.29) is 0 Å². The first kappa shape index (κ1) is 9.71. The molecule has 0 saturated heterocycles. The molecule has 78 valence electrons. The molecule has 2 fully saturated rings. The summed E-state index contributed by atoms with van der Waals surface area (Å²) in [7, 11) is 0. The van der Waals surface area contributed by atoms with Gasteiger partial charge in [0.05, 0.1) is 0 Å². The van der Waals surface area contributed by atoms with Gasteiger partial charge in [-0.05, 0) is 38.5 Å². The predicted octanol–water partition coefficient (Wildman–Crippen LogP) is 1.69. The highest BCUT2D eigenvalue weighted by Gasteiger charge is 2.26. The van der Waals surface area contributed by atoms with Crippen molar-refractivity contribution in [3.05, 3.63) is 11.6 Å². The molecule has 0 heterocycles. The van der Waals surface area contributed by atoms with Crippen molar-refractivity contribution in [3.8, 4) is 0 Å². The predicted molar refractivity (Wildman–Crippen MR) is 54.1 cm³/mol. The number of carboxylic acids is 1. The molecule has 2 aliphatic carbocycles. The topological polar surface area (TPSA) is 49.3 Å². The van der Waals surface area contributed by atoms with Gasteiger partial charge in [0.1, 0.15) is 0 Å². The molecule has 3 heteroatoms. The van der Waals surface area contributed by atoms with E-state index in [0.29, 0.717) is 6.04 Å². The zero-order valence-electron chi connectivity index (χ0n) is 8.33. The fourth-order valence-electron chi connectivity index (χ4n) is 2.06. The zero-order valence-corrected chi connectivity index (χ0v) is 8.33. The molecule has 2 aliphatic rings. The van der Waals surface area contributed by atoms with Crippen LogP contribution in [0.5, 0.6) is 0 Å². The first-order valence-electron chi connectivity index (χ1n) is 5.42. The van der Waals surface area contributed by atoms with Crippen LogP contribution in [0.25, 0.3) is 0 Å². The number of carbonyl (C=O) groups is 1. The van der Waals surface area contributed by atoms with Gasteiger partial charge in [0.15, 0.2) is 0 Å². The van der Waals surface area contributed by atoms with Crippen LogP contribution in [0.3, 0.4) is 0 Å². The summed E-state index contributed by atoms with van der Waals surface area (Å²) in [5.74, 6) is -0.798. The maximum atomic E-state index is 10.4. The van der Waals surface area contributed by atoms with Gasteiger partial charge in [-0.2, -0.15) is 0 Å². The van der Waals surface area contributed by atoms with Gasteiger partial charge in [0.2, 0.25) is 0 Å². The standard InChI is InChI=1S/C11H17NO2/c13-11(14)7-8-1-3-9(4-2-8)12-10-5-6-10/h7,9-10,12H,1-6H2,(H,13,14). The molecule has 0 unspecified atom stereocenters. The fraction of sp³-hybridized carbons (Fsp3) is 0.727. The van der Waals surface area contributed by atoms with E-state index in [4.69, 9.17) is 5.11 Å². The second-order valence-electron chi connectivity index (χ2n) is 4.36. The average Bonchev–Trinajstić information content (AvgIpc) is 2.91. The first-order chi connectivity index (χ1) is 6.74. The van der Waals surface area contributed by atoms with Gasteiger partial charge in [-0.3, -0.25) is 0 Å². The summed E-state index contributed by atoms with van der Waals surface area (Å²) in [6.07, 6.45) is 8.16. The van der Waals surface area contributed by atoms with E-state index < -0.39 is 5.97 Å². The molecule has 0 bridgehead atoms. The van der Waals surface area contributed by atoms with Crippen LogP contribution in [-0.2, 0) is 4.79 Å². The Balaban J connectivity index is 1.76. The lowest BCUT2D eigenvalue weighted by Gasteiger charge is -2.24. The summed E-state index contributed by atoms with van der Waals surface area (Å²) in [6, 6.07) is 1.40. The van der Waals surface area contributed by atoms with Crippen LogP contribution >= 0.6 is 0 Å². The lowest BCUT2D eigenvalue weighted by atomic mass is 9.90. The van der Waals surface area contributed by atoms with Crippen LogP contribution < -0.4 is 5.32 Å². The Morgan fingerprint density at radius 2 is 1.79 bits per heavy atom. The highest BCUT2D eigenvalue weighted by atomic mass is 16.4. The average molecular weight is 195 g/mol. The molecule has 2 rings (SSSR count). The number of allylic oxidation sites excluding steroid dienone is 1. The van der Waals surface area contributed by atoms with Crippen molar-refractivity contribution in [1.29, 1.82) is 0 Å². The third kappa shape index (κ3) is 2.84. The van der Waals surface area contributed by atoms with Crippen molar-refractivity contribution < 1.29 is 9.90 Å². The minimum atomic E-state index is -0.798. The number of hydrogen-bond donors (Lipinski definition) is 2. The summed E-state index contributed by atoms with van der Waals surface area (Å²) in [6.45, 7) is 0. The molecule has 14 heavy (non-hydrogen) atoms. The molecule has 0 aromatic rings. The summed E-state index contributed by atoms with van der Waals surface area (Å²) in [5.41, 5.74) is 1.10. The van der Waals surface area contributed by atoms with Crippen LogP contribution in [0.2, 0.25) is 0 Å². The molecule has 2 saturated carbocycles. The third-order valence-corrected chi connectivity index (χ3v) is 3.00. The molecule has 2 N–H and O–H groups in total. The quantitative estimate of drug-likeness (QED) is 0.674. The second kappa shape index (κ2) is 4.13. The molecule has 0 aliphatic heterocycles. The van der Waals surface area contributed by atoms with E-state index in [9.17, 15) is 4.79 Å². The highest BCUT2D eigenvalue weighted by Crippen LogP contribution is 2.27. The lowest BCUT2D eigenvalue weighted by molar-refractivity contribution is -0.131. The largest absolute Gasteiger partial charge is 0.478 e. The van der Waals surface area contributed by atoms with Gasteiger partial charge in [0.25, 0.3) is 0 Å². The Bertz CT molecular complexity index is 246. The van der Waals surface area contributed by atoms with Crippen molar-refractivity contribution in [2.24, 2.45) is 0 Å². The number of carboxylic acid groups (broad SMARTS) is 1.